The van der Waals surface area contributed by atoms with Crippen LogP contribution in [-0.4, -0.2) is 11.5 Å². The van der Waals surface area contributed by atoms with Crippen molar-refractivity contribution in [2.24, 2.45) is 0 Å². The molecule has 0 saturated carbocycles. The molecule has 1 N–H and O–H groups in total. The summed E-state index contributed by atoms with van der Waals surface area (Å²) in [7, 11) is 0. The molecule has 100 valence electrons. The Morgan fingerprint density at radius 2 is 1.68 bits per heavy atom. The zero-order valence-electron chi connectivity index (χ0n) is 9.76. The van der Waals surface area contributed by atoms with E-state index >= 15 is 0 Å². The minimum atomic E-state index is 0.495. The summed E-state index contributed by atoms with van der Waals surface area (Å²) in [4.78, 5) is 4.12. The molecule has 0 aliphatic carbocycles. The Balaban J connectivity index is 1.96. The molecule has 2 aromatic rings. The zero-order chi connectivity index (χ0) is 13.8. The predicted octanol–water partition coefficient (Wildman–Crippen LogP) is 5.35. The van der Waals surface area contributed by atoms with Crippen LogP contribution in [0.25, 0.3) is 0 Å². The molecule has 0 aliphatic heterocycles. The Hall–Kier alpha value is -0.670. The summed E-state index contributed by atoms with van der Waals surface area (Å²) in [5.41, 5.74) is 1.02. The number of anilines is 1. The van der Waals surface area contributed by atoms with Crippen molar-refractivity contribution in [3.8, 4) is 0 Å². The van der Waals surface area contributed by atoms with Gasteiger partial charge in [0.15, 0.2) is 0 Å². The van der Waals surface area contributed by atoms with Crippen molar-refractivity contribution in [2.45, 2.75) is 6.42 Å². The SMILES string of the molecule is Clc1ccc(CCNc2ncc(Cl)cc2Cl)c(Cl)c1. The van der Waals surface area contributed by atoms with Crippen LogP contribution in [0.2, 0.25) is 20.1 Å². The molecule has 0 atom stereocenters. The van der Waals surface area contributed by atoms with Crippen LogP contribution >= 0.6 is 46.4 Å². The molecule has 6 heteroatoms. The van der Waals surface area contributed by atoms with Crippen molar-refractivity contribution < 1.29 is 0 Å². The summed E-state index contributed by atoms with van der Waals surface area (Å²) < 4.78 is 0. The van der Waals surface area contributed by atoms with Crippen molar-refractivity contribution in [1.29, 1.82) is 0 Å². The number of nitrogens with one attached hydrogen (secondary N) is 1. The van der Waals surface area contributed by atoms with E-state index in [1.54, 1.807) is 18.3 Å². The lowest BCUT2D eigenvalue weighted by atomic mass is 10.1. The number of rotatable bonds is 4. The Morgan fingerprint density at radius 3 is 2.37 bits per heavy atom. The van der Waals surface area contributed by atoms with E-state index in [-0.39, 0.29) is 0 Å². The molecule has 0 aliphatic rings. The molecule has 19 heavy (non-hydrogen) atoms. The van der Waals surface area contributed by atoms with Crippen LogP contribution in [0.5, 0.6) is 0 Å². The van der Waals surface area contributed by atoms with E-state index in [0.717, 1.165) is 12.0 Å². The van der Waals surface area contributed by atoms with Crippen molar-refractivity contribution in [3.05, 3.63) is 56.1 Å². The highest BCUT2D eigenvalue weighted by molar-refractivity contribution is 6.36. The number of halogens is 4. The maximum Gasteiger partial charge on any atom is 0.144 e. The second-order valence-electron chi connectivity index (χ2n) is 3.90. The standard InChI is InChI=1S/C13H10Cl4N2/c14-9-2-1-8(11(16)5-9)3-4-18-13-12(17)6-10(15)7-19-13/h1-2,5-7H,3-4H2,(H,18,19). The van der Waals surface area contributed by atoms with Gasteiger partial charge in [0, 0.05) is 22.8 Å². The second kappa shape index (κ2) is 6.67. The largest absolute Gasteiger partial charge is 0.369 e. The van der Waals surface area contributed by atoms with Crippen LogP contribution in [0.3, 0.4) is 0 Å². The van der Waals surface area contributed by atoms with Gasteiger partial charge in [-0.15, -0.1) is 0 Å². The molecule has 0 unspecified atom stereocenters. The van der Waals surface area contributed by atoms with E-state index in [2.05, 4.69) is 10.3 Å². The quantitative estimate of drug-likeness (QED) is 0.814. The molecule has 0 amide bonds. The summed E-state index contributed by atoms with van der Waals surface area (Å²) in [6, 6.07) is 7.10. The number of hydrogen-bond donors (Lipinski definition) is 1. The van der Waals surface area contributed by atoms with Gasteiger partial charge in [0.2, 0.25) is 0 Å². The number of nitrogens with zero attached hydrogens (tertiary/aromatic N) is 1. The zero-order valence-corrected chi connectivity index (χ0v) is 12.8. The van der Waals surface area contributed by atoms with Gasteiger partial charge in [-0.3, -0.25) is 0 Å². The van der Waals surface area contributed by atoms with Gasteiger partial charge in [-0.2, -0.15) is 0 Å². The molecule has 0 spiro atoms. The fourth-order valence-corrected chi connectivity index (χ4v) is 2.53. The first-order chi connectivity index (χ1) is 9.06. The highest BCUT2D eigenvalue weighted by Crippen LogP contribution is 2.24. The first-order valence-corrected chi connectivity index (χ1v) is 7.06. The Labute approximate surface area is 131 Å². The van der Waals surface area contributed by atoms with Gasteiger partial charge in [-0.05, 0) is 30.2 Å². The second-order valence-corrected chi connectivity index (χ2v) is 5.58. The Bertz CT molecular complexity index is 535. The van der Waals surface area contributed by atoms with E-state index in [4.69, 9.17) is 46.4 Å². The van der Waals surface area contributed by atoms with E-state index < -0.39 is 0 Å². The number of hydrogen-bond acceptors (Lipinski definition) is 2. The van der Waals surface area contributed by atoms with Crippen LogP contribution in [0.1, 0.15) is 5.56 Å². The monoisotopic (exact) mass is 334 g/mol. The average molecular weight is 336 g/mol. The van der Waals surface area contributed by atoms with Gasteiger partial charge in [0.25, 0.3) is 0 Å². The van der Waals surface area contributed by atoms with E-state index in [1.165, 1.54) is 0 Å². The summed E-state index contributed by atoms with van der Waals surface area (Å²) in [6.45, 7) is 0.662. The topological polar surface area (TPSA) is 24.9 Å². The number of pyridine rings is 1. The fourth-order valence-electron chi connectivity index (χ4n) is 1.58. The summed E-state index contributed by atoms with van der Waals surface area (Å²) in [6.07, 6.45) is 2.29. The lowest BCUT2D eigenvalue weighted by molar-refractivity contribution is 1.01. The van der Waals surface area contributed by atoms with E-state index in [0.29, 0.717) is 32.5 Å². The van der Waals surface area contributed by atoms with Gasteiger partial charge < -0.3 is 5.32 Å². The van der Waals surface area contributed by atoms with Crippen molar-refractivity contribution >= 4 is 52.2 Å². The van der Waals surface area contributed by atoms with Crippen LogP contribution in [0.15, 0.2) is 30.5 Å². The van der Waals surface area contributed by atoms with Gasteiger partial charge in [0.05, 0.1) is 10.0 Å². The predicted molar refractivity (Wildman–Crippen MR) is 82.9 cm³/mol. The van der Waals surface area contributed by atoms with Gasteiger partial charge in [-0.25, -0.2) is 4.98 Å². The highest BCUT2D eigenvalue weighted by atomic mass is 35.5. The molecule has 0 bridgehead atoms. The third kappa shape index (κ3) is 4.15. The van der Waals surface area contributed by atoms with Crippen molar-refractivity contribution in [2.75, 3.05) is 11.9 Å². The summed E-state index contributed by atoms with van der Waals surface area (Å²) in [5.74, 6) is 0.608. The minimum absolute atomic E-state index is 0.495. The van der Waals surface area contributed by atoms with E-state index in [1.807, 2.05) is 12.1 Å². The van der Waals surface area contributed by atoms with Crippen LogP contribution in [-0.2, 0) is 6.42 Å². The maximum atomic E-state index is 6.09. The molecule has 1 aromatic heterocycles. The van der Waals surface area contributed by atoms with Crippen LogP contribution in [0.4, 0.5) is 5.82 Å². The first kappa shape index (κ1) is 14.7. The molecular formula is C13H10Cl4N2. The number of aromatic nitrogens is 1. The summed E-state index contributed by atoms with van der Waals surface area (Å²) >= 11 is 23.7. The lowest BCUT2D eigenvalue weighted by Gasteiger charge is -2.08. The van der Waals surface area contributed by atoms with Crippen molar-refractivity contribution in [1.82, 2.24) is 4.98 Å². The third-order valence-electron chi connectivity index (χ3n) is 2.51. The molecule has 2 rings (SSSR count). The van der Waals surface area contributed by atoms with Crippen molar-refractivity contribution in [3.63, 3.8) is 0 Å². The van der Waals surface area contributed by atoms with Gasteiger partial charge >= 0.3 is 0 Å². The Morgan fingerprint density at radius 1 is 0.947 bits per heavy atom. The highest BCUT2D eigenvalue weighted by Gasteiger charge is 2.04. The van der Waals surface area contributed by atoms with Crippen LogP contribution in [0, 0.1) is 0 Å². The molecule has 0 fully saturated rings. The average Bonchev–Trinajstić information content (AvgIpc) is 2.34. The minimum Gasteiger partial charge on any atom is -0.369 e. The van der Waals surface area contributed by atoms with Gasteiger partial charge in [0.1, 0.15) is 5.82 Å². The molecule has 0 saturated heterocycles. The molecule has 1 aromatic carbocycles. The van der Waals surface area contributed by atoms with Crippen LogP contribution < -0.4 is 5.32 Å². The fraction of sp³-hybridized carbons (Fsp3) is 0.154. The molecule has 2 nitrogen and oxygen atoms in total. The van der Waals surface area contributed by atoms with E-state index in [9.17, 15) is 0 Å². The summed E-state index contributed by atoms with van der Waals surface area (Å²) in [5, 5.41) is 5.43. The smallest absolute Gasteiger partial charge is 0.144 e. The lowest BCUT2D eigenvalue weighted by Crippen LogP contribution is -2.07. The molecular weight excluding hydrogens is 326 g/mol. The molecule has 0 radical (unpaired) electrons. The Kier molecular flexibility index (Phi) is 5.17. The third-order valence-corrected chi connectivity index (χ3v) is 3.59. The maximum absolute atomic E-state index is 6.09. The first-order valence-electron chi connectivity index (χ1n) is 5.55. The van der Waals surface area contributed by atoms with Gasteiger partial charge in [-0.1, -0.05) is 52.5 Å². The normalized spacial score (nSPS) is 10.5. The molecule has 1 heterocycles. The number of benzene rings is 1.